The fourth-order valence-corrected chi connectivity index (χ4v) is 3.19. The third kappa shape index (κ3) is 2.98. The zero-order valence-electron chi connectivity index (χ0n) is 13.6. The van der Waals surface area contributed by atoms with E-state index in [-0.39, 0.29) is 11.9 Å². The molecule has 0 bridgehead atoms. The van der Waals surface area contributed by atoms with Crippen LogP contribution in [0.2, 0.25) is 5.02 Å². The number of nitrogens with zero attached hydrogens (tertiary/aromatic N) is 4. The van der Waals surface area contributed by atoms with Crippen LogP contribution in [0.25, 0.3) is 11.0 Å². The lowest BCUT2D eigenvalue weighted by molar-refractivity contribution is -0.130. The number of hydrazone groups is 1. The second-order valence-corrected chi connectivity index (χ2v) is 6.38. The summed E-state index contributed by atoms with van der Waals surface area (Å²) in [6, 6.07) is 13.3. The summed E-state index contributed by atoms with van der Waals surface area (Å²) in [5.74, 6) is -0.0896. The second kappa shape index (κ2) is 6.26. The predicted octanol–water partition coefficient (Wildman–Crippen LogP) is 3.98. The summed E-state index contributed by atoms with van der Waals surface area (Å²) >= 11 is 5.96. The SMILES string of the molecule is CC(=O)N1N=C(c2ccc(Cl)cc2)C[C@H]1c1ccc2nccnc2c1. The Bertz CT molecular complexity index is 984. The molecule has 5 nitrogen and oxygen atoms in total. The molecular formula is C19H15ClN4O. The third-order valence-electron chi connectivity index (χ3n) is 4.29. The van der Waals surface area contributed by atoms with Gasteiger partial charge in [-0.3, -0.25) is 14.8 Å². The zero-order chi connectivity index (χ0) is 17.4. The standard InChI is InChI=1S/C19H15ClN4O/c1-12(25)24-19(11-17(23-24)13-2-5-15(20)6-3-13)14-4-7-16-18(10-14)22-9-8-21-16/h2-10,19H,11H2,1H3/t19-/m0/s1. The van der Waals surface area contributed by atoms with Crippen molar-refractivity contribution in [2.24, 2.45) is 5.10 Å². The highest BCUT2D eigenvalue weighted by Crippen LogP contribution is 2.33. The van der Waals surface area contributed by atoms with Crippen LogP contribution in [0.5, 0.6) is 0 Å². The minimum Gasteiger partial charge on any atom is -0.273 e. The predicted molar refractivity (Wildman–Crippen MR) is 97.4 cm³/mol. The molecule has 1 atom stereocenters. The number of carbonyl (C=O) groups excluding carboxylic acids is 1. The molecule has 2 aromatic carbocycles. The van der Waals surface area contributed by atoms with Gasteiger partial charge in [-0.25, -0.2) is 5.01 Å². The smallest absolute Gasteiger partial charge is 0.240 e. The summed E-state index contributed by atoms with van der Waals surface area (Å²) in [7, 11) is 0. The largest absolute Gasteiger partial charge is 0.273 e. The molecule has 0 N–H and O–H groups in total. The molecule has 4 rings (SSSR count). The van der Waals surface area contributed by atoms with Gasteiger partial charge in [-0.15, -0.1) is 0 Å². The van der Waals surface area contributed by atoms with E-state index >= 15 is 0 Å². The lowest BCUT2D eigenvalue weighted by Crippen LogP contribution is -2.24. The fraction of sp³-hybridized carbons (Fsp3) is 0.158. The van der Waals surface area contributed by atoms with Gasteiger partial charge in [0.15, 0.2) is 0 Å². The summed E-state index contributed by atoms with van der Waals surface area (Å²) in [6.07, 6.45) is 3.98. The van der Waals surface area contributed by atoms with E-state index in [4.69, 9.17) is 11.6 Å². The molecule has 0 saturated heterocycles. The van der Waals surface area contributed by atoms with Crippen molar-refractivity contribution in [1.29, 1.82) is 0 Å². The summed E-state index contributed by atoms with van der Waals surface area (Å²) in [4.78, 5) is 20.7. The Kier molecular flexibility index (Phi) is 3.93. The number of hydrogen-bond acceptors (Lipinski definition) is 4. The molecule has 0 fully saturated rings. The first-order valence-electron chi connectivity index (χ1n) is 7.96. The Labute approximate surface area is 150 Å². The molecule has 6 heteroatoms. The first kappa shape index (κ1) is 15.7. The first-order valence-corrected chi connectivity index (χ1v) is 8.33. The van der Waals surface area contributed by atoms with Crippen LogP contribution in [0, 0.1) is 0 Å². The molecular weight excluding hydrogens is 336 g/mol. The maximum atomic E-state index is 12.1. The molecule has 2 heterocycles. The minimum atomic E-state index is -0.144. The number of fused-ring (bicyclic) bond motifs is 1. The van der Waals surface area contributed by atoms with Crippen LogP contribution in [0.1, 0.15) is 30.5 Å². The topological polar surface area (TPSA) is 58.5 Å². The summed E-state index contributed by atoms with van der Waals surface area (Å²) in [5, 5.41) is 6.77. The van der Waals surface area contributed by atoms with Crippen molar-refractivity contribution in [2.75, 3.05) is 0 Å². The third-order valence-corrected chi connectivity index (χ3v) is 4.54. The van der Waals surface area contributed by atoms with Crippen molar-refractivity contribution < 1.29 is 4.79 Å². The Balaban J connectivity index is 1.71. The van der Waals surface area contributed by atoms with Crippen LogP contribution in [0.15, 0.2) is 60.0 Å². The van der Waals surface area contributed by atoms with Gasteiger partial charge in [0, 0.05) is 30.8 Å². The van der Waals surface area contributed by atoms with Gasteiger partial charge in [-0.1, -0.05) is 29.8 Å². The van der Waals surface area contributed by atoms with E-state index in [1.54, 1.807) is 17.4 Å². The molecule has 1 aliphatic rings. The molecule has 0 spiro atoms. The highest BCUT2D eigenvalue weighted by atomic mass is 35.5. The average molecular weight is 351 g/mol. The van der Waals surface area contributed by atoms with Crippen molar-refractivity contribution in [2.45, 2.75) is 19.4 Å². The van der Waals surface area contributed by atoms with Gasteiger partial charge in [0.1, 0.15) is 0 Å². The molecule has 3 aromatic rings. The second-order valence-electron chi connectivity index (χ2n) is 5.94. The fourth-order valence-electron chi connectivity index (χ4n) is 3.06. The lowest BCUT2D eigenvalue weighted by atomic mass is 9.98. The normalized spacial score (nSPS) is 17.0. The Morgan fingerprint density at radius 2 is 1.80 bits per heavy atom. The summed E-state index contributed by atoms with van der Waals surface area (Å²) < 4.78 is 0. The van der Waals surface area contributed by atoms with E-state index in [1.807, 2.05) is 42.5 Å². The van der Waals surface area contributed by atoms with Gasteiger partial charge < -0.3 is 0 Å². The van der Waals surface area contributed by atoms with E-state index in [1.165, 1.54) is 6.92 Å². The molecule has 25 heavy (non-hydrogen) atoms. The minimum absolute atomic E-state index is 0.0896. The molecule has 0 radical (unpaired) electrons. The van der Waals surface area contributed by atoms with Crippen LogP contribution in [-0.2, 0) is 4.79 Å². The maximum Gasteiger partial charge on any atom is 0.240 e. The van der Waals surface area contributed by atoms with Crippen molar-refractivity contribution >= 4 is 34.3 Å². The Hall–Kier alpha value is -2.79. The Morgan fingerprint density at radius 1 is 1.08 bits per heavy atom. The van der Waals surface area contributed by atoms with E-state index in [0.717, 1.165) is 27.9 Å². The van der Waals surface area contributed by atoms with E-state index < -0.39 is 0 Å². The van der Waals surface area contributed by atoms with Crippen molar-refractivity contribution in [1.82, 2.24) is 15.0 Å². The van der Waals surface area contributed by atoms with Gasteiger partial charge in [-0.2, -0.15) is 5.10 Å². The monoisotopic (exact) mass is 350 g/mol. The summed E-state index contributed by atoms with van der Waals surface area (Å²) in [6.45, 7) is 1.53. The molecule has 1 aliphatic heterocycles. The molecule has 0 unspecified atom stereocenters. The molecule has 1 aromatic heterocycles. The van der Waals surface area contributed by atoms with Crippen molar-refractivity contribution in [3.63, 3.8) is 0 Å². The van der Waals surface area contributed by atoms with Crippen LogP contribution in [0.3, 0.4) is 0 Å². The number of benzene rings is 2. The van der Waals surface area contributed by atoms with E-state index in [9.17, 15) is 4.79 Å². The zero-order valence-corrected chi connectivity index (χ0v) is 14.3. The number of halogens is 1. The Morgan fingerprint density at radius 3 is 2.52 bits per heavy atom. The highest BCUT2D eigenvalue weighted by Gasteiger charge is 2.31. The summed E-state index contributed by atoms with van der Waals surface area (Å²) in [5.41, 5.74) is 4.48. The average Bonchev–Trinajstić information content (AvgIpc) is 3.07. The van der Waals surface area contributed by atoms with Gasteiger partial charge >= 0.3 is 0 Å². The molecule has 0 saturated carbocycles. The molecule has 124 valence electrons. The quantitative estimate of drug-likeness (QED) is 0.702. The van der Waals surface area contributed by atoms with Crippen LogP contribution >= 0.6 is 11.6 Å². The number of rotatable bonds is 2. The van der Waals surface area contributed by atoms with E-state index in [0.29, 0.717) is 11.4 Å². The highest BCUT2D eigenvalue weighted by molar-refractivity contribution is 6.30. The number of hydrogen-bond donors (Lipinski definition) is 0. The van der Waals surface area contributed by atoms with Gasteiger partial charge in [0.2, 0.25) is 5.91 Å². The number of amides is 1. The van der Waals surface area contributed by atoms with E-state index in [2.05, 4.69) is 15.1 Å². The lowest BCUT2D eigenvalue weighted by Gasteiger charge is -2.20. The molecule has 0 aliphatic carbocycles. The maximum absolute atomic E-state index is 12.1. The van der Waals surface area contributed by atoms with Crippen LogP contribution < -0.4 is 0 Å². The van der Waals surface area contributed by atoms with Crippen LogP contribution in [-0.4, -0.2) is 26.6 Å². The van der Waals surface area contributed by atoms with Gasteiger partial charge in [0.05, 0.1) is 22.8 Å². The first-order chi connectivity index (χ1) is 12.1. The number of aromatic nitrogens is 2. The van der Waals surface area contributed by atoms with Crippen LogP contribution in [0.4, 0.5) is 0 Å². The molecule has 1 amide bonds. The van der Waals surface area contributed by atoms with Crippen molar-refractivity contribution in [3.8, 4) is 0 Å². The van der Waals surface area contributed by atoms with Gasteiger partial charge in [0.25, 0.3) is 0 Å². The number of carbonyl (C=O) groups is 1. The van der Waals surface area contributed by atoms with Crippen molar-refractivity contribution in [3.05, 3.63) is 71.0 Å². The van der Waals surface area contributed by atoms with Gasteiger partial charge in [-0.05, 0) is 35.4 Å².